The van der Waals surface area contributed by atoms with Crippen molar-refractivity contribution in [3.8, 4) is 5.75 Å². The van der Waals surface area contributed by atoms with E-state index in [0.29, 0.717) is 5.69 Å². The predicted molar refractivity (Wildman–Crippen MR) is 106 cm³/mol. The summed E-state index contributed by atoms with van der Waals surface area (Å²) in [7, 11) is 0. The number of hydrogen-bond donors (Lipinski definition) is 2. The summed E-state index contributed by atoms with van der Waals surface area (Å²) >= 11 is 0. The quantitative estimate of drug-likeness (QED) is 0.359. The Hall–Kier alpha value is -3.95. The number of ether oxygens (including phenoxy) is 1. The van der Waals surface area contributed by atoms with Gasteiger partial charge in [0.25, 0.3) is 5.91 Å². The molecule has 3 aromatic rings. The number of benzene rings is 2. The van der Waals surface area contributed by atoms with Crippen LogP contribution in [0.15, 0.2) is 60.8 Å². The first-order chi connectivity index (χ1) is 15.2. The average Bonchev–Trinajstić information content (AvgIpc) is 2.77. The minimum Gasteiger partial charge on any atom is -0.423 e. The van der Waals surface area contributed by atoms with E-state index in [1.54, 1.807) is 0 Å². The van der Waals surface area contributed by atoms with E-state index in [9.17, 15) is 27.2 Å². The second-order valence-electron chi connectivity index (χ2n) is 6.94. The first kappa shape index (κ1) is 21.3. The van der Waals surface area contributed by atoms with Crippen LogP contribution in [0.5, 0.6) is 5.75 Å². The van der Waals surface area contributed by atoms with Crippen LogP contribution in [0.25, 0.3) is 0 Å². The summed E-state index contributed by atoms with van der Waals surface area (Å²) in [6.45, 7) is -0.0641. The average molecular weight is 445 g/mol. The van der Waals surface area contributed by atoms with E-state index in [-0.39, 0.29) is 29.1 Å². The van der Waals surface area contributed by atoms with Crippen molar-refractivity contribution in [3.63, 3.8) is 0 Å². The molecule has 1 aliphatic heterocycles. The number of nitrogens with zero attached hydrogens (tertiary/aromatic N) is 1. The third-order valence-electron chi connectivity index (χ3n) is 4.80. The third-order valence-corrected chi connectivity index (χ3v) is 4.80. The number of aromatic nitrogens is 1. The summed E-state index contributed by atoms with van der Waals surface area (Å²) in [4.78, 5) is 28.2. The van der Waals surface area contributed by atoms with Gasteiger partial charge in [-0.3, -0.25) is 9.78 Å². The highest BCUT2D eigenvalue weighted by molar-refractivity contribution is 5.97. The molecule has 2 heterocycles. The van der Waals surface area contributed by atoms with Crippen molar-refractivity contribution >= 4 is 17.6 Å². The maximum Gasteiger partial charge on any atom is 0.416 e. The molecule has 1 aliphatic rings. The maximum absolute atomic E-state index is 14.5. The van der Waals surface area contributed by atoms with Crippen LogP contribution in [0.4, 0.5) is 23.2 Å². The topological polar surface area (TPSA) is 80.3 Å². The highest BCUT2D eigenvalue weighted by Crippen LogP contribution is 2.32. The molecule has 6 nitrogen and oxygen atoms in total. The molecule has 1 aromatic heterocycles. The first-order valence-corrected chi connectivity index (χ1v) is 9.39. The summed E-state index contributed by atoms with van der Waals surface area (Å²) in [6, 6.07) is 9.69. The van der Waals surface area contributed by atoms with Crippen LogP contribution in [-0.4, -0.2) is 23.4 Å². The van der Waals surface area contributed by atoms with Gasteiger partial charge in [-0.05, 0) is 48.0 Å². The minimum atomic E-state index is -4.53. The fraction of sp³-hybridized carbons (Fsp3) is 0.136. The van der Waals surface area contributed by atoms with Crippen LogP contribution in [0, 0.1) is 5.82 Å². The van der Waals surface area contributed by atoms with E-state index in [1.165, 1.54) is 30.5 Å². The van der Waals surface area contributed by atoms with Gasteiger partial charge in [0, 0.05) is 11.8 Å². The molecule has 0 saturated carbocycles. The number of carbonyl (C=O) groups excluding carboxylic acids is 2. The maximum atomic E-state index is 14.5. The zero-order chi connectivity index (χ0) is 22.9. The number of anilines is 1. The number of pyridine rings is 1. The van der Waals surface area contributed by atoms with E-state index in [1.807, 2.05) is 0 Å². The van der Waals surface area contributed by atoms with Crippen LogP contribution in [0.2, 0.25) is 0 Å². The first-order valence-electron chi connectivity index (χ1n) is 9.39. The SMILES string of the molecule is O=C1CNc2cc(C(=O)NC(c3ccc(C(F)(F)F)cc3)c3ncccc3F)ccc2O1. The smallest absolute Gasteiger partial charge is 0.416 e. The molecule has 32 heavy (non-hydrogen) atoms. The van der Waals surface area contributed by atoms with Crippen LogP contribution in [0.1, 0.15) is 33.2 Å². The summed E-state index contributed by atoms with van der Waals surface area (Å²) in [5.74, 6) is -1.56. The number of fused-ring (bicyclic) bond motifs is 1. The second kappa shape index (κ2) is 8.29. The van der Waals surface area contributed by atoms with Gasteiger partial charge in [0.1, 0.15) is 18.1 Å². The van der Waals surface area contributed by atoms with E-state index in [2.05, 4.69) is 15.6 Å². The number of carbonyl (C=O) groups is 2. The monoisotopic (exact) mass is 445 g/mol. The highest BCUT2D eigenvalue weighted by atomic mass is 19.4. The number of amides is 1. The molecule has 0 bridgehead atoms. The van der Waals surface area contributed by atoms with Crippen molar-refractivity contribution < 1.29 is 31.9 Å². The summed E-state index contributed by atoms with van der Waals surface area (Å²) in [5.41, 5.74) is -0.211. The molecule has 0 radical (unpaired) electrons. The van der Waals surface area contributed by atoms with E-state index >= 15 is 0 Å². The Morgan fingerprint density at radius 3 is 2.56 bits per heavy atom. The van der Waals surface area contributed by atoms with Gasteiger partial charge >= 0.3 is 12.1 Å². The van der Waals surface area contributed by atoms with Gasteiger partial charge in [0.15, 0.2) is 5.75 Å². The zero-order valence-corrected chi connectivity index (χ0v) is 16.2. The number of hydrogen-bond acceptors (Lipinski definition) is 5. The lowest BCUT2D eigenvalue weighted by atomic mass is 10.00. The van der Waals surface area contributed by atoms with E-state index in [4.69, 9.17) is 4.74 Å². The number of nitrogens with one attached hydrogen (secondary N) is 2. The van der Waals surface area contributed by atoms with Crippen LogP contribution >= 0.6 is 0 Å². The number of rotatable bonds is 4. The molecule has 1 atom stereocenters. The molecule has 0 saturated heterocycles. The molecule has 2 aromatic carbocycles. The van der Waals surface area contributed by atoms with Gasteiger partial charge in [-0.1, -0.05) is 12.1 Å². The largest absolute Gasteiger partial charge is 0.423 e. The van der Waals surface area contributed by atoms with Crippen molar-refractivity contribution in [1.82, 2.24) is 10.3 Å². The molecule has 0 spiro atoms. The Bertz CT molecular complexity index is 1180. The lowest BCUT2D eigenvalue weighted by molar-refractivity contribution is -0.137. The molecule has 2 N–H and O–H groups in total. The highest BCUT2D eigenvalue weighted by Gasteiger charge is 2.31. The number of alkyl halides is 3. The van der Waals surface area contributed by atoms with Crippen LogP contribution < -0.4 is 15.4 Å². The Labute approximate surface area is 179 Å². The zero-order valence-electron chi connectivity index (χ0n) is 16.2. The normalized spacial score (nSPS) is 14.1. The van der Waals surface area contributed by atoms with Gasteiger partial charge in [-0.2, -0.15) is 13.2 Å². The molecule has 164 valence electrons. The van der Waals surface area contributed by atoms with Crippen molar-refractivity contribution in [2.24, 2.45) is 0 Å². The minimum absolute atomic E-state index is 0.0641. The third kappa shape index (κ3) is 4.39. The molecule has 0 aliphatic carbocycles. The van der Waals surface area contributed by atoms with E-state index < -0.39 is 35.5 Å². The van der Waals surface area contributed by atoms with Gasteiger partial charge < -0.3 is 15.4 Å². The Morgan fingerprint density at radius 2 is 1.88 bits per heavy atom. The summed E-state index contributed by atoms with van der Waals surface area (Å²) in [6.07, 6.45) is -3.22. The Balaban J connectivity index is 1.66. The summed E-state index contributed by atoms with van der Waals surface area (Å²) < 4.78 is 58.3. The fourth-order valence-electron chi connectivity index (χ4n) is 3.22. The van der Waals surface area contributed by atoms with Crippen molar-refractivity contribution in [2.45, 2.75) is 12.2 Å². The van der Waals surface area contributed by atoms with E-state index in [0.717, 1.165) is 30.3 Å². The van der Waals surface area contributed by atoms with Crippen LogP contribution in [-0.2, 0) is 11.0 Å². The second-order valence-corrected chi connectivity index (χ2v) is 6.94. The predicted octanol–water partition coefficient (Wildman–Crippen LogP) is 4.09. The number of esters is 1. The lowest BCUT2D eigenvalue weighted by Crippen LogP contribution is -2.31. The fourth-order valence-corrected chi connectivity index (χ4v) is 3.22. The van der Waals surface area contributed by atoms with Gasteiger partial charge in [-0.25, -0.2) is 9.18 Å². The molecule has 0 fully saturated rings. The molecule has 10 heteroatoms. The molecular formula is C22H15F4N3O3. The Morgan fingerprint density at radius 1 is 1.12 bits per heavy atom. The number of halogens is 4. The molecule has 1 amide bonds. The van der Waals surface area contributed by atoms with Gasteiger partial charge in [0.05, 0.1) is 17.3 Å². The lowest BCUT2D eigenvalue weighted by Gasteiger charge is -2.21. The van der Waals surface area contributed by atoms with Crippen LogP contribution in [0.3, 0.4) is 0 Å². The Kier molecular flexibility index (Phi) is 5.52. The van der Waals surface area contributed by atoms with Crippen molar-refractivity contribution in [2.75, 3.05) is 11.9 Å². The standard InChI is InChI=1S/C22H15F4N3O3/c23-15-2-1-9-27-20(15)19(12-3-6-14(7-4-12)22(24,25)26)29-21(31)13-5-8-17-16(10-13)28-11-18(30)32-17/h1-10,19,28H,11H2,(H,29,31). The molecule has 4 rings (SSSR count). The van der Waals surface area contributed by atoms with Crippen molar-refractivity contribution in [3.05, 3.63) is 89.0 Å². The van der Waals surface area contributed by atoms with Crippen molar-refractivity contribution in [1.29, 1.82) is 0 Å². The summed E-state index contributed by atoms with van der Waals surface area (Å²) in [5, 5.41) is 5.44. The van der Waals surface area contributed by atoms with Gasteiger partial charge in [-0.15, -0.1) is 0 Å². The molecular weight excluding hydrogens is 430 g/mol. The van der Waals surface area contributed by atoms with Gasteiger partial charge in [0.2, 0.25) is 0 Å². The molecule has 1 unspecified atom stereocenters.